The van der Waals surface area contributed by atoms with Gasteiger partial charge >= 0.3 is 0 Å². The summed E-state index contributed by atoms with van der Waals surface area (Å²) in [6.07, 6.45) is 0. The van der Waals surface area contributed by atoms with Crippen LogP contribution >= 0.6 is 11.6 Å². The molecule has 1 aliphatic rings. The molecule has 2 aromatic rings. The molecule has 0 atom stereocenters. The fourth-order valence-corrected chi connectivity index (χ4v) is 3.92. The summed E-state index contributed by atoms with van der Waals surface area (Å²) in [5, 5.41) is 3.51. The number of methoxy groups -OCH3 is 2. The number of benzene rings is 2. The molecule has 31 heavy (non-hydrogen) atoms. The standard InChI is InChI=1S/C23H28ClN3O4/c1-15(2)23(29)27-12-10-26(11-13-27)21-17(24)6-5-7-18(21)25-22(28)16-8-9-19(30-3)20(14-16)31-4/h5-9,14-15H,10-13H2,1-4H3,(H,25,28). The first kappa shape index (κ1) is 22.7. The molecule has 166 valence electrons. The van der Waals surface area contributed by atoms with E-state index in [2.05, 4.69) is 10.2 Å². The fourth-order valence-electron chi connectivity index (χ4n) is 3.63. The van der Waals surface area contributed by atoms with E-state index in [-0.39, 0.29) is 17.7 Å². The van der Waals surface area contributed by atoms with Crippen LogP contribution < -0.4 is 19.7 Å². The summed E-state index contributed by atoms with van der Waals surface area (Å²) < 4.78 is 10.5. The molecular weight excluding hydrogens is 418 g/mol. The van der Waals surface area contributed by atoms with E-state index in [4.69, 9.17) is 21.1 Å². The zero-order valence-electron chi connectivity index (χ0n) is 18.3. The van der Waals surface area contributed by atoms with Crippen LogP contribution in [0.15, 0.2) is 36.4 Å². The number of amides is 2. The normalized spacial score (nSPS) is 13.9. The van der Waals surface area contributed by atoms with Crippen molar-refractivity contribution in [2.75, 3.05) is 50.6 Å². The molecule has 1 heterocycles. The Balaban J connectivity index is 1.79. The number of rotatable bonds is 6. The van der Waals surface area contributed by atoms with Gasteiger partial charge in [-0.3, -0.25) is 9.59 Å². The lowest BCUT2D eigenvalue weighted by atomic mass is 10.1. The number of carbonyl (C=O) groups excluding carboxylic acids is 2. The summed E-state index contributed by atoms with van der Waals surface area (Å²) in [5.41, 5.74) is 1.82. The third-order valence-corrected chi connectivity index (χ3v) is 5.59. The minimum Gasteiger partial charge on any atom is -0.493 e. The summed E-state index contributed by atoms with van der Waals surface area (Å²) in [6, 6.07) is 10.4. The van der Waals surface area contributed by atoms with E-state index < -0.39 is 0 Å². The van der Waals surface area contributed by atoms with Crippen LogP contribution in [0.25, 0.3) is 0 Å². The summed E-state index contributed by atoms with van der Waals surface area (Å²) in [4.78, 5) is 29.2. The molecule has 1 fully saturated rings. The van der Waals surface area contributed by atoms with Crippen molar-refractivity contribution < 1.29 is 19.1 Å². The predicted molar refractivity (Wildman–Crippen MR) is 123 cm³/mol. The molecule has 3 rings (SSSR count). The Morgan fingerprint density at radius 1 is 1.00 bits per heavy atom. The van der Waals surface area contributed by atoms with Gasteiger partial charge in [0.05, 0.1) is 30.6 Å². The SMILES string of the molecule is COc1ccc(C(=O)Nc2cccc(Cl)c2N2CCN(C(=O)C(C)C)CC2)cc1OC. The van der Waals surface area contributed by atoms with Crippen LogP contribution in [0.5, 0.6) is 11.5 Å². The summed E-state index contributed by atoms with van der Waals surface area (Å²) in [7, 11) is 3.07. The average molecular weight is 446 g/mol. The molecule has 1 saturated heterocycles. The highest BCUT2D eigenvalue weighted by atomic mass is 35.5. The molecule has 1 aliphatic heterocycles. The highest BCUT2D eigenvalue weighted by molar-refractivity contribution is 6.34. The Kier molecular flexibility index (Phi) is 7.28. The van der Waals surface area contributed by atoms with E-state index in [9.17, 15) is 9.59 Å². The van der Waals surface area contributed by atoms with Crippen LogP contribution in [0.4, 0.5) is 11.4 Å². The summed E-state index contributed by atoms with van der Waals surface area (Å²) in [6.45, 7) is 6.33. The summed E-state index contributed by atoms with van der Waals surface area (Å²) in [5.74, 6) is 0.880. The van der Waals surface area contributed by atoms with Crippen molar-refractivity contribution in [1.29, 1.82) is 0 Å². The zero-order valence-corrected chi connectivity index (χ0v) is 19.0. The minimum absolute atomic E-state index is 0.0248. The lowest BCUT2D eigenvalue weighted by molar-refractivity contribution is -0.134. The number of hydrogen-bond donors (Lipinski definition) is 1. The molecule has 7 nitrogen and oxygen atoms in total. The van der Waals surface area contributed by atoms with Gasteiger partial charge < -0.3 is 24.6 Å². The maximum absolute atomic E-state index is 12.9. The highest BCUT2D eigenvalue weighted by Gasteiger charge is 2.26. The quantitative estimate of drug-likeness (QED) is 0.729. The number of halogens is 1. The molecule has 0 radical (unpaired) electrons. The van der Waals surface area contributed by atoms with Crippen molar-refractivity contribution in [3.05, 3.63) is 47.0 Å². The van der Waals surface area contributed by atoms with Crippen molar-refractivity contribution in [3.8, 4) is 11.5 Å². The van der Waals surface area contributed by atoms with Gasteiger partial charge in [0.25, 0.3) is 5.91 Å². The van der Waals surface area contributed by atoms with Crippen molar-refractivity contribution >= 4 is 34.8 Å². The molecule has 0 spiro atoms. The van der Waals surface area contributed by atoms with Crippen LogP contribution in [0.3, 0.4) is 0 Å². The first-order chi connectivity index (χ1) is 14.8. The summed E-state index contributed by atoms with van der Waals surface area (Å²) >= 11 is 6.52. The van der Waals surface area contributed by atoms with E-state index in [0.717, 1.165) is 5.69 Å². The molecule has 0 aromatic heterocycles. The van der Waals surface area contributed by atoms with Gasteiger partial charge in [-0.2, -0.15) is 0 Å². The Labute approximate surface area is 187 Å². The van der Waals surface area contributed by atoms with Crippen LogP contribution in [-0.2, 0) is 4.79 Å². The van der Waals surface area contributed by atoms with Crippen molar-refractivity contribution in [3.63, 3.8) is 0 Å². The van der Waals surface area contributed by atoms with Gasteiger partial charge in [0.1, 0.15) is 0 Å². The van der Waals surface area contributed by atoms with E-state index in [1.807, 2.05) is 24.8 Å². The highest BCUT2D eigenvalue weighted by Crippen LogP contribution is 2.35. The first-order valence-corrected chi connectivity index (χ1v) is 10.6. The Hall–Kier alpha value is -2.93. The second kappa shape index (κ2) is 9.92. The number of para-hydroxylation sites is 1. The zero-order chi connectivity index (χ0) is 22.5. The Morgan fingerprint density at radius 3 is 2.29 bits per heavy atom. The van der Waals surface area contributed by atoms with E-state index >= 15 is 0 Å². The van der Waals surface area contributed by atoms with Crippen LogP contribution in [0, 0.1) is 5.92 Å². The van der Waals surface area contributed by atoms with Crippen molar-refractivity contribution in [2.45, 2.75) is 13.8 Å². The van der Waals surface area contributed by atoms with Crippen LogP contribution in [-0.4, -0.2) is 57.1 Å². The van der Waals surface area contributed by atoms with Crippen molar-refractivity contribution in [2.24, 2.45) is 5.92 Å². The monoisotopic (exact) mass is 445 g/mol. The number of nitrogens with one attached hydrogen (secondary N) is 1. The van der Waals surface area contributed by atoms with Gasteiger partial charge in [0.2, 0.25) is 5.91 Å². The third-order valence-electron chi connectivity index (χ3n) is 5.28. The lowest BCUT2D eigenvalue weighted by Crippen LogP contribution is -2.50. The number of piperazine rings is 1. The maximum atomic E-state index is 12.9. The molecule has 2 amide bonds. The van der Waals surface area contributed by atoms with Gasteiger partial charge in [-0.25, -0.2) is 0 Å². The van der Waals surface area contributed by atoms with Gasteiger partial charge in [0.15, 0.2) is 11.5 Å². The fraction of sp³-hybridized carbons (Fsp3) is 0.391. The van der Waals surface area contributed by atoms with Crippen molar-refractivity contribution in [1.82, 2.24) is 4.90 Å². The second-order valence-electron chi connectivity index (χ2n) is 7.63. The number of ether oxygens (including phenoxy) is 2. The Morgan fingerprint density at radius 2 is 1.68 bits per heavy atom. The minimum atomic E-state index is -0.280. The van der Waals surface area contributed by atoms with Gasteiger partial charge in [0, 0.05) is 37.7 Å². The molecule has 1 N–H and O–H groups in total. The van der Waals surface area contributed by atoms with Gasteiger partial charge in [-0.05, 0) is 30.3 Å². The smallest absolute Gasteiger partial charge is 0.255 e. The molecule has 8 heteroatoms. The molecule has 0 bridgehead atoms. The Bertz CT molecular complexity index is 956. The molecule has 2 aromatic carbocycles. The van der Waals surface area contributed by atoms with Gasteiger partial charge in [-0.1, -0.05) is 31.5 Å². The lowest BCUT2D eigenvalue weighted by Gasteiger charge is -2.38. The van der Waals surface area contributed by atoms with Crippen LogP contribution in [0.1, 0.15) is 24.2 Å². The van der Waals surface area contributed by atoms with E-state index in [1.165, 1.54) is 7.11 Å². The third kappa shape index (κ3) is 5.05. The average Bonchev–Trinajstić information content (AvgIpc) is 2.78. The number of nitrogens with zero attached hydrogens (tertiary/aromatic N) is 2. The maximum Gasteiger partial charge on any atom is 0.255 e. The number of anilines is 2. The molecule has 0 saturated carbocycles. The van der Waals surface area contributed by atoms with Crippen LogP contribution in [0.2, 0.25) is 5.02 Å². The second-order valence-corrected chi connectivity index (χ2v) is 8.03. The molecule has 0 aliphatic carbocycles. The molecule has 0 unspecified atom stereocenters. The van der Waals surface area contributed by atoms with Gasteiger partial charge in [-0.15, -0.1) is 0 Å². The van der Waals surface area contributed by atoms with E-state index in [1.54, 1.807) is 37.4 Å². The number of carbonyl (C=O) groups is 2. The largest absolute Gasteiger partial charge is 0.493 e. The first-order valence-electron chi connectivity index (χ1n) is 10.2. The van der Waals surface area contributed by atoms with E-state index in [0.29, 0.717) is 54.0 Å². The molecular formula is C23H28ClN3O4. The number of hydrogen-bond acceptors (Lipinski definition) is 5. The predicted octanol–water partition coefficient (Wildman–Crippen LogP) is 3.91. The topological polar surface area (TPSA) is 71.1 Å².